The fourth-order valence-electron chi connectivity index (χ4n) is 1.88. The molecule has 0 heterocycles. The zero-order chi connectivity index (χ0) is 12.7. The lowest BCUT2D eigenvalue weighted by atomic mass is 10.1. The van der Waals surface area contributed by atoms with E-state index in [-0.39, 0.29) is 11.9 Å². The first-order valence-electron chi connectivity index (χ1n) is 6.20. The van der Waals surface area contributed by atoms with Crippen LogP contribution < -0.4 is 11.1 Å². The molecule has 1 atom stereocenters. The highest BCUT2D eigenvalue weighted by molar-refractivity contribution is 5.78. The van der Waals surface area contributed by atoms with Crippen LogP contribution in [0.2, 0.25) is 0 Å². The van der Waals surface area contributed by atoms with Gasteiger partial charge in [0.15, 0.2) is 0 Å². The van der Waals surface area contributed by atoms with E-state index in [0.29, 0.717) is 13.0 Å². The molecule has 1 amide bonds. The molecule has 0 aliphatic rings. The highest BCUT2D eigenvalue weighted by atomic mass is 16.1. The number of carbonyl (C=O) groups is 1. The van der Waals surface area contributed by atoms with Crippen molar-refractivity contribution in [2.24, 2.45) is 5.73 Å². The second-order valence-electron chi connectivity index (χ2n) is 4.45. The SMILES string of the molecule is CCCC(CN)NC(=O)Cc1cccc(C)c1. The van der Waals surface area contributed by atoms with Gasteiger partial charge in [0, 0.05) is 12.6 Å². The first-order chi connectivity index (χ1) is 8.15. The van der Waals surface area contributed by atoms with Gasteiger partial charge in [0.25, 0.3) is 0 Å². The third-order valence-corrected chi connectivity index (χ3v) is 2.73. The lowest BCUT2D eigenvalue weighted by Crippen LogP contribution is -2.40. The zero-order valence-corrected chi connectivity index (χ0v) is 10.7. The van der Waals surface area contributed by atoms with Gasteiger partial charge in [-0.15, -0.1) is 0 Å². The molecule has 0 radical (unpaired) electrons. The number of carbonyl (C=O) groups excluding carboxylic acids is 1. The maximum absolute atomic E-state index is 11.8. The zero-order valence-electron chi connectivity index (χ0n) is 10.7. The van der Waals surface area contributed by atoms with Crippen molar-refractivity contribution in [2.45, 2.75) is 39.2 Å². The van der Waals surface area contributed by atoms with E-state index in [4.69, 9.17) is 5.73 Å². The molecule has 3 nitrogen and oxygen atoms in total. The standard InChI is InChI=1S/C14H22N2O/c1-3-5-13(10-15)16-14(17)9-12-7-4-6-11(2)8-12/h4,6-8,13H,3,5,9-10,15H2,1-2H3,(H,16,17). The van der Waals surface area contributed by atoms with Crippen LogP contribution in [0.3, 0.4) is 0 Å². The second kappa shape index (κ2) is 7.07. The summed E-state index contributed by atoms with van der Waals surface area (Å²) in [5.74, 6) is 0.0551. The molecule has 0 fully saturated rings. The van der Waals surface area contributed by atoms with Gasteiger partial charge in [-0.1, -0.05) is 43.2 Å². The summed E-state index contributed by atoms with van der Waals surface area (Å²) in [6, 6.07) is 8.13. The maximum Gasteiger partial charge on any atom is 0.224 e. The number of nitrogens with one attached hydrogen (secondary N) is 1. The van der Waals surface area contributed by atoms with E-state index < -0.39 is 0 Å². The van der Waals surface area contributed by atoms with Crippen LogP contribution in [0.15, 0.2) is 24.3 Å². The largest absolute Gasteiger partial charge is 0.352 e. The van der Waals surface area contributed by atoms with E-state index in [1.54, 1.807) is 0 Å². The second-order valence-corrected chi connectivity index (χ2v) is 4.45. The molecular formula is C14H22N2O. The predicted octanol–water partition coefficient (Wildman–Crippen LogP) is 1.78. The van der Waals surface area contributed by atoms with Crippen LogP contribution in [0.4, 0.5) is 0 Å². The van der Waals surface area contributed by atoms with Crippen molar-refractivity contribution >= 4 is 5.91 Å². The molecule has 17 heavy (non-hydrogen) atoms. The lowest BCUT2D eigenvalue weighted by Gasteiger charge is -2.15. The van der Waals surface area contributed by atoms with Crippen molar-refractivity contribution in [3.05, 3.63) is 35.4 Å². The summed E-state index contributed by atoms with van der Waals surface area (Å²) in [4.78, 5) is 11.8. The average Bonchev–Trinajstić information content (AvgIpc) is 2.28. The third-order valence-electron chi connectivity index (χ3n) is 2.73. The predicted molar refractivity (Wildman–Crippen MR) is 70.8 cm³/mol. The first-order valence-corrected chi connectivity index (χ1v) is 6.20. The molecule has 0 aliphatic carbocycles. The lowest BCUT2D eigenvalue weighted by molar-refractivity contribution is -0.121. The molecule has 0 spiro atoms. The molecule has 1 unspecified atom stereocenters. The van der Waals surface area contributed by atoms with Crippen LogP contribution in [0.25, 0.3) is 0 Å². The third kappa shape index (κ3) is 5.00. The minimum atomic E-state index is 0.0551. The van der Waals surface area contributed by atoms with Crippen LogP contribution in [0, 0.1) is 6.92 Å². The molecule has 94 valence electrons. The topological polar surface area (TPSA) is 55.1 Å². The van der Waals surface area contributed by atoms with Crippen molar-refractivity contribution in [3.63, 3.8) is 0 Å². The highest BCUT2D eigenvalue weighted by Crippen LogP contribution is 2.05. The molecule has 3 heteroatoms. The summed E-state index contributed by atoms with van der Waals surface area (Å²) >= 11 is 0. The molecule has 1 rings (SSSR count). The van der Waals surface area contributed by atoms with E-state index >= 15 is 0 Å². The summed E-state index contributed by atoms with van der Waals surface area (Å²) in [7, 11) is 0. The monoisotopic (exact) mass is 234 g/mol. The number of benzene rings is 1. The summed E-state index contributed by atoms with van der Waals surface area (Å²) in [6.45, 7) is 4.63. The van der Waals surface area contributed by atoms with E-state index in [0.717, 1.165) is 18.4 Å². The van der Waals surface area contributed by atoms with Crippen molar-refractivity contribution in [1.82, 2.24) is 5.32 Å². The molecule has 0 aliphatic heterocycles. The Kier molecular flexibility index (Phi) is 5.70. The van der Waals surface area contributed by atoms with Gasteiger partial charge in [-0.2, -0.15) is 0 Å². The molecule has 0 aromatic heterocycles. The molecule has 0 bridgehead atoms. The van der Waals surface area contributed by atoms with Crippen molar-refractivity contribution in [2.75, 3.05) is 6.54 Å². The number of aryl methyl sites for hydroxylation is 1. The van der Waals surface area contributed by atoms with E-state index in [1.165, 1.54) is 5.56 Å². The molecular weight excluding hydrogens is 212 g/mol. The highest BCUT2D eigenvalue weighted by Gasteiger charge is 2.10. The molecule has 3 N–H and O–H groups in total. The van der Waals surface area contributed by atoms with Crippen LogP contribution in [-0.2, 0) is 11.2 Å². The molecule has 0 saturated carbocycles. The molecule has 1 aromatic carbocycles. The van der Waals surface area contributed by atoms with Gasteiger partial charge in [0.1, 0.15) is 0 Å². The van der Waals surface area contributed by atoms with Crippen molar-refractivity contribution in [3.8, 4) is 0 Å². The van der Waals surface area contributed by atoms with E-state index in [2.05, 4.69) is 12.2 Å². The van der Waals surface area contributed by atoms with Crippen LogP contribution in [0.1, 0.15) is 30.9 Å². The van der Waals surface area contributed by atoms with Gasteiger partial charge in [-0.05, 0) is 18.9 Å². The van der Waals surface area contributed by atoms with Gasteiger partial charge in [-0.3, -0.25) is 4.79 Å². The average molecular weight is 234 g/mol. The van der Waals surface area contributed by atoms with Gasteiger partial charge in [0.2, 0.25) is 5.91 Å². The Balaban J connectivity index is 2.49. The van der Waals surface area contributed by atoms with Gasteiger partial charge < -0.3 is 11.1 Å². The Hall–Kier alpha value is -1.35. The summed E-state index contributed by atoms with van der Waals surface area (Å²) in [5.41, 5.74) is 7.84. The summed E-state index contributed by atoms with van der Waals surface area (Å²) in [6.07, 6.45) is 2.41. The van der Waals surface area contributed by atoms with Crippen molar-refractivity contribution < 1.29 is 4.79 Å². The van der Waals surface area contributed by atoms with Crippen LogP contribution in [-0.4, -0.2) is 18.5 Å². The minimum absolute atomic E-state index is 0.0551. The Morgan fingerprint density at radius 3 is 2.82 bits per heavy atom. The fraction of sp³-hybridized carbons (Fsp3) is 0.500. The quantitative estimate of drug-likeness (QED) is 0.788. The van der Waals surface area contributed by atoms with Gasteiger partial charge >= 0.3 is 0 Å². The maximum atomic E-state index is 11.8. The van der Waals surface area contributed by atoms with Crippen molar-refractivity contribution in [1.29, 1.82) is 0 Å². The molecule has 1 aromatic rings. The number of amides is 1. The van der Waals surface area contributed by atoms with E-state index in [9.17, 15) is 4.79 Å². The smallest absolute Gasteiger partial charge is 0.224 e. The number of hydrogen-bond acceptors (Lipinski definition) is 2. The van der Waals surface area contributed by atoms with Gasteiger partial charge in [0.05, 0.1) is 6.42 Å². The normalized spacial score (nSPS) is 12.2. The first kappa shape index (κ1) is 13.7. The van der Waals surface area contributed by atoms with E-state index in [1.807, 2.05) is 31.2 Å². The van der Waals surface area contributed by atoms with Crippen LogP contribution >= 0.6 is 0 Å². The Morgan fingerprint density at radius 2 is 2.24 bits per heavy atom. The number of hydrogen-bond donors (Lipinski definition) is 2. The Bertz CT molecular complexity index is 363. The van der Waals surface area contributed by atoms with Crippen LogP contribution in [0.5, 0.6) is 0 Å². The molecule has 0 saturated heterocycles. The summed E-state index contributed by atoms with van der Waals surface area (Å²) < 4.78 is 0. The Morgan fingerprint density at radius 1 is 1.47 bits per heavy atom. The number of rotatable bonds is 6. The Labute approximate surface area is 103 Å². The van der Waals surface area contributed by atoms with Gasteiger partial charge in [-0.25, -0.2) is 0 Å². The fourth-order valence-corrected chi connectivity index (χ4v) is 1.88. The minimum Gasteiger partial charge on any atom is -0.352 e. The number of nitrogens with two attached hydrogens (primary N) is 1. The summed E-state index contributed by atoms with van der Waals surface area (Å²) in [5, 5.41) is 2.97.